The maximum Gasteiger partial charge on any atom is 0.419 e. The summed E-state index contributed by atoms with van der Waals surface area (Å²) in [6.45, 7) is 11.6. The zero-order chi connectivity index (χ0) is 63.3. The van der Waals surface area contributed by atoms with Crippen LogP contribution in [0, 0.1) is 11.8 Å². The van der Waals surface area contributed by atoms with Crippen LogP contribution in [0.2, 0.25) is 0 Å². The van der Waals surface area contributed by atoms with E-state index in [1.807, 2.05) is 30.9 Å². The molecule has 0 bridgehead atoms. The first kappa shape index (κ1) is 73.2. The minimum Gasteiger partial charge on any atom is -0.462 e. The number of fused-ring (bicyclic) bond motifs is 2. The lowest BCUT2D eigenvalue weighted by molar-refractivity contribution is -0.167. The molecule has 0 radical (unpaired) electrons. The van der Waals surface area contributed by atoms with Gasteiger partial charge < -0.3 is 28.6 Å². The summed E-state index contributed by atoms with van der Waals surface area (Å²) in [6.07, 6.45) is 40.9. The normalized spacial score (nSPS) is 15.2. The smallest absolute Gasteiger partial charge is 0.419 e. The van der Waals surface area contributed by atoms with Crippen molar-refractivity contribution < 1.29 is 52.5 Å². The number of halogens is 1. The van der Waals surface area contributed by atoms with Crippen LogP contribution in [0.15, 0.2) is 77.4 Å². The molecule has 1 aliphatic heterocycles. The molecule has 14 nitrogen and oxygen atoms in total. The molecule has 3 aromatic rings. The number of nitrogens with zero attached hydrogens (tertiary/aromatic N) is 3. The quantitative estimate of drug-likeness (QED) is 0.0173. The number of hydrogen-bond donors (Lipinski definition) is 0. The Hall–Kier alpha value is -5.54. The Balaban J connectivity index is 1.04. The minimum atomic E-state index is -1.000. The number of likely N-dealkylation sites (N-methyl/N-ethyl adjacent to an activating group) is 1. The van der Waals surface area contributed by atoms with Crippen molar-refractivity contribution in [2.45, 2.75) is 252 Å². The van der Waals surface area contributed by atoms with Crippen LogP contribution in [0.25, 0.3) is 16.5 Å². The summed E-state index contributed by atoms with van der Waals surface area (Å²) in [5.74, 6) is -2.26. The molecule has 0 spiro atoms. The second-order valence-corrected chi connectivity index (χ2v) is 25.3. The predicted molar refractivity (Wildman–Crippen MR) is 356 cm³/mol. The van der Waals surface area contributed by atoms with Crippen molar-refractivity contribution in [2.24, 2.45) is 11.8 Å². The number of benzene rings is 2. The molecule has 1 aliphatic carbocycles. The zero-order valence-corrected chi connectivity index (χ0v) is 56.2. The molecule has 1 aromatic heterocycles. The number of aromatic nitrogens is 1. The van der Waals surface area contributed by atoms with Crippen LogP contribution in [0.5, 0.6) is 5.75 Å². The third-order valence-electron chi connectivity index (χ3n) is 17.1. The molecule has 0 N–H and O–H groups in total. The van der Waals surface area contributed by atoms with Crippen molar-refractivity contribution in [2.75, 3.05) is 39.9 Å². The van der Waals surface area contributed by atoms with E-state index < -0.39 is 42.0 Å². The monoisotopic (exact) mass is 1280 g/mol. The molecule has 0 saturated heterocycles. The van der Waals surface area contributed by atoms with E-state index in [4.69, 9.17) is 23.7 Å². The van der Waals surface area contributed by atoms with Crippen LogP contribution >= 0.6 is 15.9 Å². The Kier molecular flexibility index (Phi) is 35.3. The molecule has 2 heterocycles. The lowest BCUT2D eigenvalue weighted by atomic mass is 9.79. The average Bonchev–Trinajstić information content (AvgIpc) is 1.54. The fourth-order valence-electron chi connectivity index (χ4n) is 11.9. The van der Waals surface area contributed by atoms with E-state index in [1.54, 1.807) is 35.8 Å². The Morgan fingerprint density at radius 3 is 1.64 bits per heavy atom. The molecular formula is C73H108BrN3O11. The third kappa shape index (κ3) is 26.1. The predicted octanol–water partition coefficient (Wildman–Crippen LogP) is 17.7. The molecule has 2 aromatic carbocycles. The first-order valence-electron chi connectivity index (χ1n) is 34.1. The highest BCUT2D eigenvalue weighted by atomic mass is 79.9. The highest BCUT2D eigenvalue weighted by Gasteiger charge is 2.39. The van der Waals surface area contributed by atoms with Crippen LogP contribution in [0.3, 0.4) is 0 Å². The highest BCUT2D eigenvalue weighted by molar-refractivity contribution is 9.10. The Labute approximate surface area is 536 Å². The second-order valence-electron chi connectivity index (χ2n) is 24.5. The number of esters is 4. The van der Waals surface area contributed by atoms with Crippen LogP contribution < -0.4 is 4.74 Å². The maximum atomic E-state index is 13.9. The van der Waals surface area contributed by atoms with Crippen LogP contribution in [0.1, 0.15) is 244 Å². The van der Waals surface area contributed by atoms with Gasteiger partial charge >= 0.3 is 30.0 Å². The summed E-state index contributed by atoms with van der Waals surface area (Å²) in [7, 11) is 2.06. The Bertz CT molecular complexity index is 2620. The van der Waals surface area contributed by atoms with E-state index in [1.165, 1.54) is 77.0 Å². The van der Waals surface area contributed by atoms with E-state index >= 15 is 0 Å². The van der Waals surface area contributed by atoms with Crippen molar-refractivity contribution in [1.82, 2.24) is 14.4 Å². The number of rotatable bonds is 45. The molecule has 2 unspecified atom stereocenters. The van der Waals surface area contributed by atoms with Crippen LogP contribution in [0.4, 0.5) is 4.79 Å². The average molecular weight is 1280 g/mol. The van der Waals surface area contributed by atoms with Gasteiger partial charge in [-0.05, 0) is 154 Å². The van der Waals surface area contributed by atoms with Gasteiger partial charge in [-0.1, -0.05) is 178 Å². The molecule has 2 aliphatic rings. The van der Waals surface area contributed by atoms with E-state index in [0.717, 1.165) is 99.1 Å². The van der Waals surface area contributed by atoms with Gasteiger partial charge in [0.1, 0.15) is 25.6 Å². The van der Waals surface area contributed by atoms with Gasteiger partial charge in [0, 0.05) is 56.7 Å². The largest absolute Gasteiger partial charge is 0.462 e. The summed E-state index contributed by atoms with van der Waals surface area (Å²) >= 11 is 3.76. The molecule has 488 valence electrons. The number of carbonyl (C=O) groups excluding carboxylic acids is 6. The van der Waals surface area contributed by atoms with Crippen molar-refractivity contribution in [3.05, 3.63) is 94.1 Å². The first-order chi connectivity index (χ1) is 42.8. The molecule has 15 heteroatoms. The molecular weight excluding hydrogens is 1170 g/mol. The standard InChI is InChI=1S/C73H108BrN3O11/c1-7-11-13-15-17-19-21-23-25-27-29-31-33-35-37-42-66(78)84-54-60(55-85-67(79)43-38-36-34-32-30-28-26-24-22-20-18-16-14-12-8-2)88-69(81)49-56(5)48-68(80)87-59-46-44-57(45-47-59)53-86-73(83)77-64-41-39-40-61-62-50-58(72(82)76(9-3)10-4)52-75(6)65(62)51-63(70(61)64)71(77)74/h23-26,39-41,44-47,50,56,58,60,65H,7-22,27-38,42-43,48-49,51-55H2,1-6H3/b25-23-,26-24-/t56?,58?,65-/m1/s1. The van der Waals surface area contributed by atoms with Crippen molar-refractivity contribution in [3.8, 4) is 5.75 Å². The summed E-state index contributed by atoms with van der Waals surface area (Å²) < 4.78 is 30.6. The van der Waals surface area contributed by atoms with Crippen molar-refractivity contribution >= 4 is 68.3 Å². The van der Waals surface area contributed by atoms with Gasteiger partial charge in [-0.15, -0.1) is 0 Å². The summed E-state index contributed by atoms with van der Waals surface area (Å²) in [5.41, 5.74) is 4.52. The fourth-order valence-corrected chi connectivity index (χ4v) is 12.6. The number of amides is 1. The summed E-state index contributed by atoms with van der Waals surface area (Å²) in [4.78, 5) is 83.6. The molecule has 88 heavy (non-hydrogen) atoms. The van der Waals surface area contributed by atoms with Gasteiger partial charge in [0.15, 0.2) is 6.10 Å². The zero-order valence-electron chi connectivity index (χ0n) is 54.6. The highest BCUT2D eigenvalue weighted by Crippen LogP contribution is 2.45. The van der Waals surface area contributed by atoms with E-state index in [-0.39, 0.29) is 63.4 Å². The summed E-state index contributed by atoms with van der Waals surface area (Å²) in [5, 5.41) is 0.967. The van der Waals surface area contributed by atoms with Gasteiger partial charge in [-0.2, -0.15) is 0 Å². The van der Waals surface area contributed by atoms with Crippen LogP contribution in [-0.4, -0.2) is 102 Å². The van der Waals surface area contributed by atoms with E-state index in [0.29, 0.717) is 60.3 Å². The fraction of sp³-hybridized carbons (Fsp3) is 0.644. The second kappa shape index (κ2) is 42.4. The molecule has 5 rings (SSSR count). The van der Waals surface area contributed by atoms with Gasteiger partial charge in [0.2, 0.25) is 5.91 Å². The minimum absolute atomic E-state index is 0.0336. The van der Waals surface area contributed by atoms with Gasteiger partial charge in [-0.3, -0.25) is 28.9 Å². The topological polar surface area (TPSA) is 160 Å². The maximum absolute atomic E-state index is 13.9. The van der Waals surface area contributed by atoms with Gasteiger partial charge in [-0.25, -0.2) is 9.36 Å². The van der Waals surface area contributed by atoms with Crippen molar-refractivity contribution in [1.29, 1.82) is 0 Å². The number of allylic oxidation sites excluding steroid dienone is 4. The molecule has 1 amide bonds. The lowest BCUT2D eigenvalue weighted by Gasteiger charge is -2.40. The summed E-state index contributed by atoms with van der Waals surface area (Å²) in [6, 6.07) is 12.6. The Morgan fingerprint density at radius 2 is 1.11 bits per heavy atom. The molecule has 0 fully saturated rings. The van der Waals surface area contributed by atoms with Gasteiger partial charge in [0.25, 0.3) is 0 Å². The van der Waals surface area contributed by atoms with Gasteiger partial charge in [0.05, 0.1) is 16.0 Å². The molecule has 0 saturated carbocycles. The third-order valence-corrected chi connectivity index (χ3v) is 17.9. The van der Waals surface area contributed by atoms with Crippen LogP contribution in [-0.2, 0) is 55.9 Å². The van der Waals surface area contributed by atoms with Crippen molar-refractivity contribution in [3.63, 3.8) is 0 Å². The number of hydrogen-bond acceptors (Lipinski definition) is 12. The Morgan fingerprint density at radius 1 is 0.614 bits per heavy atom. The number of unbranched alkanes of at least 4 members (excludes halogenated alkanes) is 22. The first-order valence-corrected chi connectivity index (χ1v) is 34.9. The lowest BCUT2D eigenvalue weighted by Crippen LogP contribution is -2.47. The number of ether oxygens (including phenoxy) is 5. The molecule has 3 atom stereocenters. The van der Waals surface area contributed by atoms with E-state index in [9.17, 15) is 28.8 Å². The van der Waals surface area contributed by atoms with E-state index in [2.05, 4.69) is 78.2 Å². The SMILES string of the molecule is CCCCCCCC/C=C\CCCCCCCC(=O)OCC(COC(=O)CCCCCCC/C=C\CCCCCCCC)OC(=O)CC(C)CC(=O)Oc1ccc(COC(=O)n2c(Br)c3c4c(cccc42)C2=CC(C(=O)N(CC)CC)CN(C)[C@@H]2C3)cc1. The number of carbonyl (C=O) groups is 6.